The Morgan fingerprint density at radius 3 is 3.00 bits per heavy atom. The maximum Gasteiger partial charge on any atom is 0.317 e. The molecular formula is C12H18N2O4. The highest BCUT2D eigenvalue weighted by molar-refractivity contribution is 5.75. The Labute approximate surface area is 106 Å². The number of carboxylic acid groups (broad SMARTS) is 1. The summed E-state index contributed by atoms with van der Waals surface area (Å²) in [6.07, 6.45) is 5.09. The van der Waals surface area contributed by atoms with Crippen LogP contribution in [0.1, 0.15) is 19.8 Å². The Hall–Kier alpha value is -1.74. The van der Waals surface area contributed by atoms with Gasteiger partial charge in [0.2, 0.25) is 0 Å². The van der Waals surface area contributed by atoms with Gasteiger partial charge in [0.05, 0.1) is 19.1 Å². The Balaban J connectivity index is 2.43. The van der Waals surface area contributed by atoms with Gasteiger partial charge in [-0.3, -0.25) is 4.79 Å². The average molecular weight is 254 g/mol. The van der Waals surface area contributed by atoms with Gasteiger partial charge >= 0.3 is 12.0 Å². The molecule has 0 saturated carbocycles. The number of carbonyl (C=O) groups is 2. The number of morpholine rings is 1. The van der Waals surface area contributed by atoms with Gasteiger partial charge in [0, 0.05) is 25.6 Å². The van der Waals surface area contributed by atoms with Crippen molar-refractivity contribution in [3.63, 3.8) is 0 Å². The molecule has 6 nitrogen and oxygen atoms in total. The fraction of sp³-hybridized carbons (Fsp3) is 0.667. The lowest BCUT2D eigenvalue weighted by atomic mass is 10.2. The van der Waals surface area contributed by atoms with Crippen LogP contribution in [0.4, 0.5) is 4.79 Å². The molecule has 0 aromatic heterocycles. The lowest BCUT2D eigenvalue weighted by Crippen LogP contribution is -2.51. The van der Waals surface area contributed by atoms with Crippen molar-refractivity contribution in [3.8, 4) is 12.3 Å². The van der Waals surface area contributed by atoms with E-state index in [9.17, 15) is 9.59 Å². The molecule has 0 aliphatic carbocycles. The smallest absolute Gasteiger partial charge is 0.317 e. The largest absolute Gasteiger partial charge is 0.481 e. The summed E-state index contributed by atoms with van der Waals surface area (Å²) in [4.78, 5) is 24.0. The van der Waals surface area contributed by atoms with Crippen molar-refractivity contribution in [2.45, 2.75) is 31.9 Å². The molecule has 1 heterocycles. The molecule has 1 saturated heterocycles. The second-order valence-corrected chi connectivity index (χ2v) is 4.30. The first kappa shape index (κ1) is 14.3. The minimum atomic E-state index is -0.928. The molecule has 18 heavy (non-hydrogen) atoms. The number of terminal acetylenes is 1. The van der Waals surface area contributed by atoms with Crippen molar-refractivity contribution in [3.05, 3.63) is 0 Å². The van der Waals surface area contributed by atoms with Gasteiger partial charge in [-0.1, -0.05) is 0 Å². The van der Waals surface area contributed by atoms with Crippen LogP contribution in [0.3, 0.4) is 0 Å². The van der Waals surface area contributed by atoms with E-state index in [1.807, 2.05) is 6.92 Å². The number of hydrogen-bond donors (Lipinski definition) is 2. The van der Waals surface area contributed by atoms with Crippen molar-refractivity contribution in [2.24, 2.45) is 0 Å². The predicted molar refractivity (Wildman–Crippen MR) is 65.0 cm³/mol. The number of carbonyl (C=O) groups excluding carboxylic acids is 1. The van der Waals surface area contributed by atoms with Crippen LogP contribution in [0.5, 0.6) is 0 Å². The fourth-order valence-electron chi connectivity index (χ4n) is 1.75. The molecule has 1 aliphatic rings. The first-order valence-corrected chi connectivity index (χ1v) is 5.85. The third kappa shape index (κ3) is 4.63. The SMILES string of the molecule is C#CCC(C)NC(=O)N1CCOC(CC(=O)O)C1. The Morgan fingerprint density at radius 1 is 1.67 bits per heavy atom. The molecule has 2 amide bonds. The van der Waals surface area contributed by atoms with Crippen LogP contribution in [0.2, 0.25) is 0 Å². The van der Waals surface area contributed by atoms with Gasteiger partial charge in [0.25, 0.3) is 0 Å². The van der Waals surface area contributed by atoms with E-state index in [-0.39, 0.29) is 18.5 Å². The van der Waals surface area contributed by atoms with Crippen LogP contribution in [-0.4, -0.2) is 53.8 Å². The maximum atomic E-state index is 11.9. The summed E-state index contributed by atoms with van der Waals surface area (Å²) in [6, 6.07) is -0.320. The minimum absolute atomic E-state index is 0.0936. The highest BCUT2D eigenvalue weighted by atomic mass is 16.5. The fourth-order valence-corrected chi connectivity index (χ4v) is 1.75. The van der Waals surface area contributed by atoms with Crippen LogP contribution in [0, 0.1) is 12.3 Å². The van der Waals surface area contributed by atoms with Crippen LogP contribution in [-0.2, 0) is 9.53 Å². The van der Waals surface area contributed by atoms with Crippen molar-refractivity contribution in [1.82, 2.24) is 10.2 Å². The van der Waals surface area contributed by atoms with Gasteiger partial charge in [-0.05, 0) is 6.92 Å². The lowest BCUT2D eigenvalue weighted by molar-refractivity contribution is -0.141. The summed E-state index contributed by atoms with van der Waals surface area (Å²) < 4.78 is 5.29. The molecule has 1 fully saturated rings. The van der Waals surface area contributed by atoms with Gasteiger partial charge < -0.3 is 20.1 Å². The van der Waals surface area contributed by atoms with Gasteiger partial charge in [-0.25, -0.2) is 4.79 Å². The van der Waals surface area contributed by atoms with Crippen molar-refractivity contribution < 1.29 is 19.4 Å². The molecule has 0 radical (unpaired) electrons. The topological polar surface area (TPSA) is 78.9 Å². The number of ether oxygens (including phenoxy) is 1. The van der Waals surface area contributed by atoms with Crippen LogP contribution in [0.25, 0.3) is 0 Å². The van der Waals surface area contributed by atoms with Crippen LogP contribution >= 0.6 is 0 Å². The minimum Gasteiger partial charge on any atom is -0.481 e. The summed E-state index contributed by atoms with van der Waals surface area (Å²) in [7, 11) is 0. The number of nitrogens with one attached hydrogen (secondary N) is 1. The highest BCUT2D eigenvalue weighted by Gasteiger charge is 2.26. The maximum absolute atomic E-state index is 11.9. The molecule has 0 bridgehead atoms. The average Bonchev–Trinajstić information content (AvgIpc) is 2.28. The molecule has 2 atom stereocenters. The van der Waals surface area contributed by atoms with Crippen molar-refractivity contribution in [1.29, 1.82) is 0 Å². The van der Waals surface area contributed by atoms with E-state index in [1.54, 1.807) is 4.90 Å². The number of nitrogens with zero attached hydrogens (tertiary/aromatic N) is 1. The van der Waals surface area contributed by atoms with E-state index >= 15 is 0 Å². The zero-order valence-corrected chi connectivity index (χ0v) is 10.4. The van der Waals surface area contributed by atoms with E-state index in [4.69, 9.17) is 16.3 Å². The van der Waals surface area contributed by atoms with Crippen LogP contribution < -0.4 is 5.32 Å². The van der Waals surface area contributed by atoms with E-state index < -0.39 is 12.1 Å². The first-order chi connectivity index (χ1) is 8.52. The number of aliphatic carboxylic acids is 1. The molecule has 0 aromatic rings. The molecule has 0 aromatic carbocycles. The number of carboxylic acids is 1. The van der Waals surface area contributed by atoms with Crippen LogP contribution in [0.15, 0.2) is 0 Å². The zero-order chi connectivity index (χ0) is 13.5. The van der Waals surface area contributed by atoms with E-state index in [0.29, 0.717) is 26.1 Å². The molecule has 1 aliphatic heterocycles. The standard InChI is InChI=1S/C12H18N2O4/c1-3-4-9(2)13-12(17)14-5-6-18-10(8-14)7-11(15)16/h1,9-10H,4-8H2,2H3,(H,13,17)(H,15,16). The molecule has 100 valence electrons. The van der Waals surface area contributed by atoms with E-state index in [1.165, 1.54) is 0 Å². The summed E-state index contributed by atoms with van der Waals surface area (Å²) in [5.41, 5.74) is 0. The molecule has 0 spiro atoms. The second-order valence-electron chi connectivity index (χ2n) is 4.30. The molecule has 6 heteroatoms. The van der Waals surface area contributed by atoms with E-state index in [0.717, 1.165) is 0 Å². The summed E-state index contributed by atoms with van der Waals surface area (Å²) in [5.74, 6) is 1.55. The monoisotopic (exact) mass is 254 g/mol. The quantitative estimate of drug-likeness (QED) is 0.706. The number of hydrogen-bond acceptors (Lipinski definition) is 3. The molecular weight excluding hydrogens is 236 g/mol. The number of urea groups is 1. The predicted octanol–water partition coefficient (Wildman–Crippen LogP) is 0.283. The lowest BCUT2D eigenvalue weighted by Gasteiger charge is -2.33. The van der Waals surface area contributed by atoms with Crippen molar-refractivity contribution >= 4 is 12.0 Å². The van der Waals surface area contributed by atoms with Gasteiger partial charge in [-0.15, -0.1) is 12.3 Å². The normalized spacial score (nSPS) is 20.9. The zero-order valence-electron chi connectivity index (χ0n) is 10.4. The first-order valence-electron chi connectivity index (χ1n) is 5.85. The Bertz CT molecular complexity index is 350. The third-order valence-electron chi connectivity index (χ3n) is 2.62. The summed E-state index contributed by atoms with van der Waals surface area (Å²) in [5, 5.41) is 11.5. The highest BCUT2D eigenvalue weighted by Crippen LogP contribution is 2.09. The molecule has 1 rings (SSSR count). The Morgan fingerprint density at radius 2 is 2.39 bits per heavy atom. The number of rotatable bonds is 4. The van der Waals surface area contributed by atoms with Gasteiger partial charge in [-0.2, -0.15) is 0 Å². The second kappa shape index (κ2) is 6.87. The van der Waals surface area contributed by atoms with E-state index in [2.05, 4.69) is 11.2 Å². The van der Waals surface area contributed by atoms with Gasteiger partial charge in [0.15, 0.2) is 0 Å². The summed E-state index contributed by atoms with van der Waals surface area (Å²) >= 11 is 0. The molecule has 2 unspecified atom stereocenters. The van der Waals surface area contributed by atoms with Crippen molar-refractivity contribution in [2.75, 3.05) is 19.7 Å². The summed E-state index contributed by atoms with van der Waals surface area (Å²) in [6.45, 7) is 2.94. The molecule has 2 N–H and O–H groups in total. The number of amides is 2. The Kier molecular flexibility index (Phi) is 5.46. The van der Waals surface area contributed by atoms with Gasteiger partial charge in [0.1, 0.15) is 0 Å². The third-order valence-corrected chi connectivity index (χ3v) is 2.62.